The van der Waals surface area contributed by atoms with Gasteiger partial charge in [-0.2, -0.15) is 0 Å². The van der Waals surface area contributed by atoms with Gasteiger partial charge in [0, 0.05) is 30.2 Å². The van der Waals surface area contributed by atoms with Crippen molar-refractivity contribution < 1.29 is 0 Å². The minimum Gasteiger partial charge on any atom is -0.355 e. The van der Waals surface area contributed by atoms with Gasteiger partial charge in [-0.25, -0.2) is 4.98 Å². The quantitative estimate of drug-likeness (QED) is 0.641. The van der Waals surface area contributed by atoms with E-state index in [1.807, 2.05) is 13.2 Å². The van der Waals surface area contributed by atoms with Crippen molar-refractivity contribution in [2.24, 2.45) is 10.9 Å². The Labute approximate surface area is 144 Å². The molecule has 1 aromatic rings. The molecule has 0 bridgehead atoms. The third kappa shape index (κ3) is 4.91. The summed E-state index contributed by atoms with van der Waals surface area (Å²) >= 11 is 1.73. The Bertz CT molecular complexity index is 525. The summed E-state index contributed by atoms with van der Waals surface area (Å²) in [6, 6.07) is 0. The van der Waals surface area contributed by atoms with E-state index in [2.05, 4.69) is 53.5 Å². The first kappa shape index (κ1) is 18.2. The van der Waals surface area contributed by atoms with Crippen LogP contribution in [0.3, 0.4) is 0 Å². The van der Waals surface area contributed by atoms with Crippen molar-refractivity contribution in [1.82, 2.24) is 20.5 Å². The van der Waals surface area contributed by atoms with Crippen LogP contribution < -0.4 is 10.6 Å². The third-order valence-electron chi connectivity index (χ3n) is 4.90. The normalized spacial score (nSPS) is 25.7. The Morgan fingerprint density at radius 1 is 1.48 bits per heavy atom. The molecule has 23 heavy (non-hydrogen) atoms. The van der Waals surface area contributed by atoms with E-state index in [9.17, 15) is 0 Å². The van der Waals surface area contributed by atoms with Crippen LogP contribution in [0.25, 0.3) is 0 Å². The van der Waals surface area contributed by atoms with E-state index >= 15 is 0 Å². The zero-order valence-electron chi connectivity index (χ0n) is 15.1. The molecule has 0 aromatic carbocycles. The fourth-order valence-corrected chi connectivity index (χ4v) is 4.20. The van der Waals surface area contributed by atoms with Gasteiger partial charge in [-0.1, -0.05) is 19.8 Å². The van der Waals surface area contributed by atoms with Crippen LogP contribution in [0.1, 0.15) is 42.5 Å². The Kier molecular flexibility index (Phi) is 6.41. The lowest BCUT2D eigenvalue weighted by atomic mass is 9.75. The molecule has 1 heterocycles. The fraction of sp³-hybridized carbons (Fsp3) is 0.765. The zero-order chi connectivity index (χ0) is 16.9. The van der Waals surface area contributed by atoms with Crippen molar-refractivity contribution in [1.29, 1.82) is 0 Å². The van der Waals surface area contributed by atoms with Crippen molar-refractivity contribution in [3.05, 3.63) is 16.1 Å². The van der Waals surface area contributed by atoms with Gasteiger partial charge in [0.15, 0.2) is 5.96 Å². The second-order valence-electron chi connectivity index (χ2n) is 6.96. The Hall–Kier alpha value is -1.14. The number of rotatable bonds is 5. The van der Waals surface area contributed by atoms with Crippen LogP contribution >= 0.6 is 11.3 Å². The van der Waals surface area contributed by atoms with Gasteiger partial charge in [0.25, 0.3) is 0 Å². The van der Waals surface area contributed by atoms with Crippen LogP contribution in [0, 0.1) is 12.8 Å². The predicted octanol–water partition coefficient (Wildman–Crippen LogP) is 2.63. The molecular weight excluding hydrogens is 306 g/mol. The third-order valence-corrected chi connectivity index (χ3v) is 5.81. The maximum Gasteiger partial charge on any atom is 0.191 e. The van der Waals surface area contributed by atoms with E-state index in [1.165, 1.54) is 30.6 Å². The van der Waals surface area contributed by atoms with Crippen LogP contribution in [-0.4, -0.2) is 49.1 Å². The average Bonchev–Trinajstić information content (AvgIpc) is 2.93. The van der Waals surface area contributed by atoms with Gasteiger partial charge in [0.1, 0.15) is 5.01 Å². The molecular formula is C17H31N5S. The number of hydrogen-bond acceptors (Lipinski definition) is 4. The van der Waals surface area contributed by atoms with Crippen molar-refractivity contribution >= 4 is 17.3 Å². The van der Waals surface area contributed by atoms with Gasteiger partial charge in [-0.3, -0.25) is 4.99 Å². The van der Waals surface area contributed by atoms with Crippen molar-refractivity contribution in [2.75, 3.05) is 27.7 Å². The molecule has 0 aliphatic heterocycles. The van der Waals surface area contributed by atoms with E-state index in [0.29, 0.717) is 0 Å². The molecule has 0 amide bonds. The summed E-state index contributed by atoms with van der Waals surface area (Å²) in [5.74, 6) is 1.65. The highest BCUT2D eigenvalue weighted by Crippen LogP contribution is 2.35. The number of guanidine groups is 1. The first-order chi connectivity index (χ1) is 10.9. The second kappa shape index (κ2) is 8.11. The minimum atomic E-state index is 0.229. The lowest BCUT2D eigenvalue weighted by molar-refractivity contribution is 0.0795. The summed E-state index contributed by atoms with van der Waals surface area (Å²) in [6.45, 7) is 6.11. The number of likely N-dealkylation sites (N-methyl/N-ethyl adjacent to an activating group) is 1. The summed E-state index contributed by atoms with van der Waals surface area (Å²) in [5, 5.41) is 8.00. The molecule has 0 spiro atoms. The monoisotopic (exact) mass is 337 g/mol. The van der Waals surface area contributed by atoms with E-state index in [-0.39, 0.29) is 5.54 Å². The predicted molar refractivity (Wildman–Crippen MR) is 99.1 cm³/mol. The van der Waals surface area contributed by atoms with Crippen LogP contribution in [0.2, 0.25) is 0 Å². The molecule has 2 rings (SSSR count). The highest BCUT2D eigenvalue weighted by Gasteiger charge is 2.36. The van der Waals surface area contributed by atoms with Gasteiger partial charge in [-0.05, 0) is 39.8 Å². The van der Waals surface area contributed by atoms with Crippen molar-refractivity contribution in [2.45, 2.75) is 51.6 Å². The highest BCUT2D eigenvalue weighted by atomic mass is 32.1. The van der Waals surface area contributed by atoms with Crippen LogP contribution in [0.15, 0.2) is 11.2 Å². The van der Waals surface area contributed by atoms with Gasteiger partial charge in [0.05, 0.1) is 6.54 Å². The SMILES string of the molecule is CN=C(NCc1ncc(C)s1)NCC1(N(C)C)CCCC(C)C1. The van der Waals surface area contributed by atoms with Gasteiger partial charge in [-0.15, -0.1) is 11.3 Å². The van der Waals surface area contributed by atoms with Crippen LogP contribution in [0.5, 0.6) is 0 Å². The summed E-state index contributed by atoms with van der Waals surface area (Å²) in [6.07, 6.45) is 7.08. The number of aliphatic imine (C=N–C) groups is 1. The minimum absolute atomic E-state index is 0.229. The van der Waals surface area contributed by atoms with E-state index in [0.717, 1.165) is 30.0 Å². The molecule has 1 aromatic heterocycles. The molecule has 1 fully saturated rings. The lowest BCUT2D eigenvalue weighted by Gasteiger charge is -2.45. The molecule has 0 radical (unpaired) electrons. The topological polar surface area (TPSA) is 52.6 Å². The smallest absolute Gasteiger partial charge is 0.191 e. The molecule has 0 saturated heterocycles. The Morgan fingerprint density at radius 2 is 2.26 bits per heavy atom. The number of aryl methyl sites for hydroxylation is 1. The molecule has 6 heteroatoms. The van der Waals surface area contributed by atoms with E-state index < -0.39 is 0 Å². The number of hydrogen-bond donors (Lipinski definition) is 2. The van der Waals surface area contributed by atoms with Crippen molar-refractivity contribution in [3.63, 3.8) is 0 Å². The average molecular weight is 338 g/mol. The standard InChI is InChI=1S/C17H31N5S/c1-13-7-6-8-17(9-13,22(4)5)12-21-16(18-3)20-11-15-19-10-14(2)23-15/h10,13H,6-9,11-12H2,1-5H3,(H2,18,20,21). The highest BCUT2D eigenvalue weighted by molar-refractivity contribution is 7.11. The largest absolute Gasteiger partial charge is 0.355 e. The molecule has 2 atom stereocenters. The molecule has 2 N–H and O–H groups in total. The van der Waals surface area contributed by atoms with Crippen LogP contribution in [-0.2, 0) is 6.54 Å². The molecule has 5 nitrogen and oxygen atoms in total. The van der Waals surface area contributed by atoms with Gasteiger partial charge in [0.2, 0.25) is 0 Å². The molecule has 1 saturated carbocycles. The maximum atomic E-state index is 4.39. The molecule has 1 aliphatic carbocycles. The van der Waals surface area contributed by atoms with Crippen LogP contribution in [0.4, 0.5) is 0 Å². The summed E-state index contributed by atoms with van der Waals surface area (Å²) in [7, 11) is 6.23. The number of thiazole rings is 1. The maximum absolute atomic E-state index is 4.39. The van der Waals surface area contributed by atoms with Crippen molar-refractivity contribution in [3.8, 4) is 0 Å². The fourth-order valence-electron chi connectivity index (χ4n) is 3.47. The Balaban J connectivity index is 1.90. The summed E-state index contributed by atoms with van der Waals surface area (Å²) in [4.78, 5) is 12.4. The van der Waals surface area contributed by atoms with E-state index in [4.69, 9.17) is 0 Å². The van der Waals surface area contributed by atoms with Gasteiger partial charge >= 0.3 is 0 Å². The number of nitrogens with one attached hydrogen (secondary N) is 2. The molecule has 130 valence electrons. The van der Waals surface area contributed by atoms with E-state index in [1.54, 1.807) is 11.3 Å². The Morgan fingerprint density at radius 3 is 2.83 bits per heavy atom. The lowest BCUT2D eigenvalue weighted by Crippen LogP contribution is -2.56. The first-order valence-electron chi connectivity index (χ1n) is 8.48. The number of aromatic nitrogens is 1. The number of nitrogens with zero attached hydrogens (tertiary/aromatic N) is 3. The molecule has 1 aliphatic rings. The first-order valence-corrected chi connectivity index (χ1v) is 9.30. The molecule has 2 unspecified atom stereocenters. The second-order valence-corrected chi connectivity index (χ2v) is 8.28. The zero-order valence-corrected chi connectivity index (χ0v) is 16.0. The summed E-state index contributed by atoms with van der Waals surface area (Å²) < 4.78 is 0. The summed E-state index contributed by atoms with van der Waals surface area (Å²) in [5.41, 5.74) is 0.229. The van der Waals surface area contributed by atoms with Gasteiger partial charge < -0.3 is 15.5 Å².